The van der Waals surface area contributed by atoms with Crippen LogP contribution in [0, 0.1) is 11.3 Å². The lowest BCUT2D eigenvalue weighted by Crippen LogP contribution is -2.26. The molecule has 0 aliphatic carbocycles. The second kappa shape index (κ2) is 6.90. The van der Waals surface area contributed by atoms with E-state index in [0.717, 1.165) is 16.7 Å². The van der Waals surface area contributed by atoms with E-state index in [1.54, 1.807) is 47.1 Å². The number of rotatable bonds is 3. The van der Waals surface area contributed by atoms with Crippen LogP contribution in [0.2, 0.25) is 0 Å². The highest BCUT2D eigenvalue weighted by Crippen LogP contribution is 2.36. The molecule has 0 saturated carbocycles. The Morgan fingerprint density at radius 2 is 2.00 bits per heavy atom. The van der Waals surface area contributed by atoms with E-state index < -0.39 is 0 Å². The van der Waals surface area contributed by atoms with Gasteiger partial charge in [0.15, 0.2) is 0 Å². The molecule has 2 aromatic heterocycles. The van der Waals surface area contributed by atoms with E-state index in [9.17, 15) is 9.59 Å². The van der Waals surface area contributed by atoms with Gasteiger partial charge in [0.05, 0.1) is 35.5 Å². The number of hydrogen-bond donors (Lipinski definition) is 2. The monoisotopic (exact) mass is 411 g/mol. The van der Waals surface area contributed by atoms with E-state index in [4.69, 9.17) is 11.0 Å². The molecule has 0 spiro atoms. The van der Waals surface area contributed by atoms with Crippen LogP contribution in [-0.2, 0) is 20.1 Å². The molecule has 9 heteroatoms. The average Bonchev–Trinajstić information content (AvgIpc) is 3.32. The third-order valence-electron chi connectivity index (χ3n) is 5.57. The summed E-state index contributed by atoms with van der Waals surface area (Å²) in [5.41, 5.74) is 9.52. The Balaban J connectivity index is 1.64. The summed E-state index contributed by atoms with van der Waals surface area (Å²) in [7, 11) is 1.77. The number of aromatic nitrogens is 4. The van der Waals surface area contributed by atoms with Gasteiger partial charge < -0.3 is 5.73 Å². The topological polar surface area (TPSA) is 134 Å². The Labute approximate surface area is 176 Å². The summed E-state index contributed by atoms with van der Waals surface area (Å²) in [6, 6.07) is 12.6. The number of nitrogens with zero attached hydrogens (tertiary/aromatic N) is 5. The van der Waals surface area contributed by atoms with Crippen LogP contribution >= 0.6 is 0 Å². The minimum atomic E-state index is -0.288. The first kappa shape index (κ1) is 18.7. The van der Waals surface area contributed by atoms with Gasteiger partial charge in [-0.25, -0.2) is 5.10 Å². The number of nitrogens with one attached hydrogen (secondary N) is 1. The standard InChI is InChI=1S/C22H17N7O2/c1-28-21(29-11-14-6-12(8-23)2-4-15(14)22(29)31)18(10-25-28)13-3-5-16-17(7-13)19(9-24)26-27-20(16)30/h2-7,10H,9,11,24H2,1H3,(H,27,30). The van der Waals surface area contributed by atoms with Crippen molar-refractivity contribution in [2.75, 3.05) is 4.90 Å². The summed E-state index contributed by atoms with van der Waals surface area (Å²) in [4.78, 5) is 26.9. The zero-order valence-electron chi connectivity index (χ0n) is 16.6. The minimum absolute atomic E-state index is 0.147. The second-order valence-corrected chi connectivity index (χ2v) is 7.34. The molecule has 5 rings (SSSR count). The lowest BCUT2D eigenvalue weighted by Gasteiger charge is -2.18. The van der Waals surface area contributed by atoms with Crippen molar-refractivity contribution in [3.63, 3.8) is 0 Å². The largest absolute Gasteiger partial charge is 0.325 e. The summed E-state index contributed by atoms with van der Waals surface area (Å²) in [5.74, 6) is 0.483. The molecule has 1 aliphatic rings. The van der Waals surface area contributed by atoms with Gasteiger partial charge in [0.25, 0.3) is 11.5 Å². The van der Waals surface area contributed by atoms with Crippen LogP contribution in [-0.4, -0.2) is 25.9 Å². The van der Waals surface area contributed by atoms with Gasteiger partial charge in [0.1, 0.15) is 5.82 Å². The zero-order chi connectivity index (χ0) is 21.7. The number of fused-ring (bicyclic) bond motifs is 2. The number of carbonyl (C=O) groups is 1. The third kappa shape index (κ3) is 2.81. The Hall–Kier alpha value is -4.29. The molecule has 152 valence electrons. The van der Waals surface area contributed by atoms with Crippen molar-refractivity contribution in [2.45, 2.75) is 13.1 Å². The van der Waals surface area contributed by atoms with Gasteiger partial charge in [-0.2, -0.15) is 15.5 Å². The first-order valence-corrected chi connectivity index (χ1v) is 9.60. The van der Waals surface area contributed by atoms with E-state index >= 15 is 0 Å². The molecule has 0 saturated heterocycles. The molecule has 1 aliphatic heterocycles. The highest BCUT2D eigenvalue weighted by atomic mass is 16.2. The number of nitrogens with two attached hydrogens (primary N) is 1. The number of nitriles is 1. The molecular formula is C22H17N7O2. The number of aryl methyl sites for hydroxylation is 1. The quantitative estimate of drug-likeness (QED) is 0.528. The first-order chi connectivity index (χ1) is 15.0. The van der Waals surface area contributed by atoms with Crippen LogP contribution in [0.3, 0.4) is 0 Å². The summed E-state index contributed by atoms with van der Waals surface area (Å²) < 4.78 is 1.65. The van der Waals surface area contributed by atoms with Crippen LogP contribution in [0.5, 0.6) is 0 Å². The average molecular weight is 411 g/mol. The van der Waals surface area contributed by atoms with Crippen LogP contribution in [0.4, 0.5) is 5.82 Å². The molecule has 4 aromatic rings. The van der Waals surface area contributed by atoms with Crippen LogP contribution in [0.15, 0.2) is 47.4 Å². The number of hydrogen-bond acceptors (Lipinski definition) is 6. The summed E-state index contributed by atoms with van der Waals surface area (Å²) >= 11 is 0. The normalized spacial score (nSPS) is 12.9. The molecule has 3 heterocycles. The Kier molecular flexibility index (Phi) is 4.16. The molecule has 0 atom stereocenters. The van der Waals surface area contributed by atoms with Crippen molar-refractivity contribution in [1.29, 1.82) is 5.26 Å². The molecule has 2 aromatic carbocycles. The van der Waals surface area contributed by atoms with Crippen LogP contribution in [0.25, 0.3) is 21.9 Å². The molecule has 0 fully saturated rings. The number of carbonyl (C=O) groups excluding carboxylic acids is 1. The van der Waals surface area contributed by atoms with Gasteiger partial charge in [-0.1, -0.05) is 6.07 Å². The summed E-state index contributed by atoms with van der Waals surface area (Å²) in [6.07, 6.45) is 1.69. The van der Waals surface area contributed by atoms with Crippen molar-refractivity contribution in [3.8, 4) is 17.2 Å². The lowest BCUT2D eigenvalue weighted by molar-refractivity contribution is 0.0995. The molecule has 1 amide bonds. The predicted molar refractivity (Wildman–Crippen MR) is 114 cm³/mol. The highest BCUT2D eigenvalue weighted by Gasteiger charge is 2.32. The molecule has 0 unspecified atom stereocenters. The molecule has 3 N–H and O–H groups in total. The van der Waals surface area contributed by atoms with Gasteiger partial charge in [0.2, 0.25) is 0 Å². The van der Waals surface area contributed by atoms with Crippen molar-refractivity contribution < 1.29 is 4.79 Å². The fourth-order valence-corrected chi connectivity index (χ4v) is 4.06. The van der Waals surface area contributed by atoms with E-state index in [0.29, 0.717) is 40.0 Å². The van der Waals surface area contributed by atoms with Crippen molar-refractivity contribution in [2.24, 2.45) is 12.8 Å². The van der Waals surface area contributed by atoms with E-state index in [2.05, 4.69) is 21.4 Å². The number of H-pyrrole nitrogens is 1. The Bertz CT molecular complexity index is 1480. The maximum absolute atomic E-state index is 13.1. The zero-order valence-corrected chi connectivity index (χ0v) is 16.6. The lowest BCUT2D eigenvalue weighted by atomic mass is 10.0. The SMILES string of the molecule is Cn1ncc(-c2ccc3c(=O)[nH]nc(CN)c3c2)c1N1Cc2cc(C#N)ccc2C1=O. The van der Waals surface area contributed by atoms with Crippen molar-refractivity contribution in [1.82, 2.24) is 20.0 Å². The molecule has 9 nitrogen and oxygen atoms in total. The predicted octanol–water partition coefficient (Wildman–Crippen LogP) is 1.81. The van der Waals surface area contributed by atoms with E-state index in [1.807, 2.05) is 12.1 Å². The van der Waals surface area contributed by atoms with Gasteiger partial charge in [-0.05, 0) is 41.5 Å². The minimum Gasteiger partial charge on any atom is -0.325 e. The van der Waals surface area contributed by atoms with Crippen molar-refractivity contribution >= 4 is 22.5 Å². The fourth-order valence-electron chi connectivity index (χ4n) is 4.06. The number of anilines is 1. The maximum atomic E-state index is 13.1. The second-order valence-electron chi connectivity index (χ2n) is 7.34. The maximum Gasteiger partial charge on any atom is 0.272 e. The molecule has 0 radical (unpaired) electrons. The van der Waals surface area contributed by atoms with Gasteiger partial charge in [-0.15, -0.1) is 0 Å². The molecular weight excluding hydrogens is 394 g/mol. The highest BCUT2D eigenvalue weighted by molar-refractivity contribution is 6.11. The van der Waals surface area contributed by atoms with Gasteiger partial charge >= 0.3 is 0 Å². The number of benzene rings is 2. The number of amides is 1. The smallest absolute Gasteiger partial charge is 0.272 e. The summed E-state index contributed by atoms with van der Waals surface area (Å²) in [5, 5.41) is 21.2. The van der Waals surface area contributed by atoms with E-state index in [1.165, 1.54) is 0 Å². The Morgan fingerprint density at radius 1 is 1.16 bits per heavy atom. The first-order valence-electron chi connectivity index (χ1n) is 9.60. The third-order valence-corrected chi connectivity index (χ3v) is 5.57. The van der Waals surface area contributed by atoms with E-state index in [-0.39, 0.29) is 18.0 Å². The Morgan fingerprint density at radius 3 is 2.77 bits per heavy atom. The van der Waals surface area contributed by atoms with Crippen molar-refractivity contribution in [3.05, 3.63) is 75.3 Å². The molecule has 0 bridgehead atoms. The van der Waals surface area contributed by atoms with Crippen LogP contribution < -0.4 is 16.2 Å². The number of aromatic amines is 1. The fraction of sp³-hybridized carbons (Fsp3) is 0.136. The summed E-state index contributed by atoms with van der Waals surface area (Å²) in [6.45, 7) is 0.525. The molecule has 31 heavy (non-hydrogen) atoms. The van der Waals surface area contributed by atoms with Gasteiger partial charge in [-0.3, -0.25) is 19.2 Å². The van der Waals surface area contributed by atoms with Crippen LogP contribution in [0.1, 0.15) is 27.2 Å². The van der Waals surface area contributed by atoms with Gasteiger partial charge in [0, 0.05) is 30.1 Å².